The van der Waals surface area contributed by atoms with Gasteiger partial charge in [0.05, 0.1) is 18.8 Å². The van der Waals surface area contributed by atoms with Crippen LogP contribution in [-0.4, -0.2) is 13.2 Å². The Morgan fingerprint density at radius 1 is 1.14 bits per heavy atom. The number of benzene rings is 2. The van der Waals surface area contributed by atoms with Gasteiger partial charge in [0.25, 0.3) is 0 Å². The van der Waals surface area contributed by atoms with Crippen LogP contribution >= 0.6 is 15.9 Å². The fourth-order valence-corrected chi connectivity index (χ4v) is 2.89. The van der Waals surface area contributed by atoms with Crippen LogP contribution in [0.5, 0.6) is 11.5 Å². The molecule has 4 heteroatoms. The van der Waals surface area contributed by atoms with E-state index in [0.29, 0.717) is 13.2 Å². The molecular weight excluding hydrogens is 330 g/mol. The number of hydrogen-bond donors (Lipinski definition) is 1. The van der Waals surface area contributed by atoms with E-state index in [1.54, 1.807) is 0 Å². The third-order valence-electron chi connectivity index (χ3n) is 3.86. The molecule has 2 N–H and O–H groups in total. The maximum absolute atomic E-state index is 6.59. The Balaban J connectivity index is 1.66. The van der Waals surface area contributed by atoms with Crippen molar-refractivity contribution in [3.05, 3.63) is 58.6 Å². The minimum absolute atomic E-state index is 0.371. The normalized spacial score (nSPS) is 20.5. The zero-order valence-electron chi connectivity index (χ0n) is 11.7. The number of para-hydroxylation sites is 1. The highest BCUT2D eigenvalue weighted by Crippen LogP contribution is 2.37. The van der Waals surface area contributed by atoms with Crippen molar-refractivity contribution in [2.45, 2.75) is 18.4 Å². The first kappa shape index (κ1) is 14.4. The lowest BCUT2D eigenvalue weighted by molar-refractivity contribution is 0.182. The van der Waals surface area contributed by atoms with Crippen molar-refractivity contribution in [1.29, 1.82) is 0 Å². The maximum atomic E-state index is 6.59. The Kier molecular flexibility index (Phi) is 4.17. The van der Waals surface area contributed by atoms with Crippen molar-refractivity contribution >= 4 is 15.9 Å². The molecule has 0 spiro atoms. The zero-order valence-corrected chi connectivity index (χ0v) is 13.3. The van der Waals surface area contributed by atoms with Crippen LogP contribution in [0, 0.1) is 0 Å². The Hall–Kier alpha value is -1.52. The van der Waals surface area contributed by atoms with Gasteiger partial charge in [0.15, 0.2) is 0 Å². The second kappa shape index (κ2) is 6.08. The van der Waals surface area contributed by atoms with E-state index in [1.807, 2.05) is 48.5 Å². The van der Waals surface area contributed by atoms with Gasteiger partial charge in [-0.2, -0.15) is 0 Å². The van der Waals surface area contributed by atoms with Crippen LogP contribution in [0.25, 0.3) is 0 Å². The lowest BCUT2D eigenvalue weighted by Crippen LogP contribution is -2.42. The number of nitrogens with two attached hydrogens (primary N) is 1. The van der Waals surface area contributed by atoms with Gasteiger partial charge in [0.1, 0.15) is 11.5 Å². The molecule has 0 saturated heterocycles. The highest BCUT2D eigenvalue weighted by Gasteiger charge is 2.33. The summed E-state index contributed by atoms with van der Waals surface area (Å²) in [6.45, 7) is 1.25. The summed E-state index contributed by atoms with van der Waals surface area (Å²) >= 11 is 3.41. The highest BCUT2D eigenvalue weighted by molar-refractivity contribution is 9.10. The van der Waals surface area contributed by atoms with E-state index in [9.17, 15) is 0 Å². The first-order valence-electron chi connectivity index (χ1n) is 7.07. The summed E-state index contributed by atoms with van der Waals surface area (Å²) in [5, 5.41) is 0. The summed E-state index contributed by atoms with van der Waals surface area (Å²) in [4.78, 5) is 0. The van der Waals surface area contributed by atoms with Gasteiger partial charge in [0, 0.05) is 22.9 Å². The Labute approximate surface area is 133 Å². The van der Waals surface area contributed by atoms with Gasteiger partial charge in [-0.25, -0.2) is 0 Å². The van der Waals surface area contributed by atoms with Crippen molar-refractivity contribution < 1.29 is 9.47 Å². The fraction of sp³-hybridized carbons (Fsp3) is 0.294. The summed E-state index contributed by atoms with van der Waals surface area (Å²) < 4.78 is 12.5. The highest BCUT2D eigenvalue weighted by atomic mass is 79.9. The van der Waals surface area contributed by atoms with E-state index in [0.717, 1.165) is 34.4 Å². The van der Waals surface area contributed by atoms with Gasteiger partial charge in [-0.1, -0.05) is 34.1 Å². The number of ether oxygens (including phenoxy) is 2. The number of halogens is 1. The standard InChI is InChI=1S/C17H18BrNO2/c18-13-5-7-14(8-6-13)20-11-9-17(19)10-12-21-16-4-2-1-3-15(16)17/h1-8H,9-12,19H2. The molecule has 2 aromatic carbocycles. The van der Waals surface area contributed by atoms with Crippen molar-refractivity contribution in [3.8, 4) is 11.5 Å². The summed E-state index contributed by atoms with van der Waals surface area (Å²) in [7, 11) is 0. The van der Waals surface area contributed by atoms with Crippen molar-refractivity contribution in [2.75, 3.05) is 13.2 Å². The quantitative estimate of drug-likeness (QED) is 0.913. The molecule has 1 aliphatic heterocycles. The SMILES string of the molecule is NC1(CCOc2ccc(Br)cc2)CCOc2ccccc21. The zero-order chi connectivity index (χ0) is 14.7. The van der Waals surface area contributed by atoms with Gasteiger partial charge in [-0.3, -0.25) is 0 Å². The van der Waals surface area contributed by atoms with E-state index in [2.05, 4.69) is 15.9 Å². The number of rotatable bonds is 4. The van der Waals surface area contributed by atoms with Crippen LogP contribution in [0.2, 0.25) is 0 Å². The lowest BCUT2D eigenvalue weighted by atomic mass is 9.83. The van der Waals surface area contributed by atoms with Gasteiger partial charge in [-0.15, -0.1) is 0 Å². The molecule has 3 nitrogen and oxygen atoms in total. The maximum Gasteiger partial charge on any atom is 0.124 e. The van der Waals surface area contributed by atoms with Crippen LogP contribution in [-0.2, 0) is 5.54 Å². The predicted molar refractivity (Wildman–Crippen MR) is 86.7 cm³/mol. The summed E-state index contributed by atoms with van der Waals surface area (Å²) in [5.41, 5.74) is 7.30. The third kappa shape index (κ3) is 3.22. The largest absolute Gasteiger partial charge is 0.494 e. The molecule has 0 aromatic heterocycles. The predicted octanol–water partition coefficient (Wildman–Crippen LogP) is 3.85. The monoisotopic (exact) mass is 347 g/mol. The lowest BCUT2D eigenvalue weighted by Gasteiger charge is -2.35. The smallest absolute Gasteiger partial charge is 0.124 e. The summed E-state index contributed by atoms with van der Waals surface area (Å²) in [6.07, 6.45) is 1.58. The Morgan fingerprint density at radius 3 is 2.71 bits per heavy atom. The molecule has 1 atom stereocenters. The van der Waals surface area contributed by atoms with Crippen LogP contribution in [0.4, 0.5) is 0 Å². The van der Waals surface area contributed by atoms with Gasteiger partial charge < -0.3 is 15.2 Å². The first-order chi connectivity index (χ1) is 10.2. The number of hydrogen-bond acceptors (Lipinski definition) is 3. The van der Waals surface area contributed by atoms with E-state index < -0.39 is 0 Å². The molecule has 3 rings (SSSR count). The third-order valence-corrected chi connectivity index (χ3v) is 4.39. The molecule has 1 aliphatic rings. The molecule has 2 aromatic rings. The van der Waals surface area contributed by atoms with E-state index in [-0.39, 0.29) is 5.54 Å². The molecule has 0 amide bonds. The Morgan fingerprint density at radius 2 is 1.90 bits per heavy atom. The van der Waals surface area contributed by atoms with Crippen LogP contribution in [0.15, 0.2) is 53.0 Å². The van der Waals surface area contributed by atoms with E-state index >= 15 is 0 Å². The van der Waals surface area contributed by atoms with E-state index in [1.165, 1.54) is 0 Å². The molecule has 21 heavy (non-hydrogen) atoms. The fourth-order valence-electron chi connectivity index (χ4n) is 2.62. The topological polar surface area (TPSA) is 44.5 Å². The number of fused-ring (bicyclic) bond motifs is 1. The molecule has 0 bridgehead atoms. The summed E-state index contributed by atoms with van der Waals surface area (Å²) in [6, 6.07) is 15.8. The summed E-state index contributed by atoms with van der Waals surface area (Å²) in [5.74, 6) is 1.76. The molecule has 1 heterocycles. The second-order valence-corrected chi connectivity index (χ2v) is 6.22. The molecule has 1 unspecified atom stereocenters. The van der Waals surface area contributed by atoms with E-state index in [4.69, 9.17) is 15.2 Å². The van der Waals surface area contributed by atoms with Crippen LogP contribution < -0.4 is 15.2 Å². The van der Waals surface area contributed by atoms with Crippen LogP contribution in [0.1, 0.15) is 18.4 Å². The first-order valence-corrected chi connectivity index (χ1v) is 7.86. The molecule has 0 saturated carbocycles. The van der Waals surface area contributed by atoms with Gasteiger partial charge in [0.2, 0.25) is 0 Å². The average molecular weight is 348 g/mol. The molecule has 0 aliphatic carbocycles. The van der Waals surface area contributed by atoms with Gasteiger partial charge >= 0.3 is 0 Å². The Bertz CT molecular complexity index is 614. The molecule has 110 valence electrons. The van der Waals surface area contributed by atoms with Crippen LogP contribution in [0.3, 0.4) is 0 Å². The van der Waals surface area contributed by atoms with Crippen molar-refractivity contribution in [3.63, 3.8) is 0 Å². The molecular formula is C17H18BrNO2. The average Bonchev–Trinajstić information content (AvgIpc) is 2.50. The van der Waals surface area contributed by atoms with Crippen molar-refractivity contribution in [2.24, 2.45) is 5.73 Å². The second-order valence-electron chi connectivity index (χ2n) is 5.30. The van der Waals surface area contributed by atoms with Gasteiger partial charge in [-0.05, 0) is 30.3 Å². The molecule has 0 radical (unpaired) electrons. The minimum Gasteiger partial charge on any atom is -0.494 e. The molecule has 0 fully saturated rings. The minimum atomic E-state index is -0.371. The van der Waals surface area contributed by atoms with Crippen molar-refractivity contribution in [1.82, 2.24) is 0 Å².